The van der Waals surface area contributed by atoms with Gasteiger partial charge in [-0.05, 0) is 0 Å². The maximum Gasteiger partial charge on any atom is 0.217 e. The van der Waals surface area contributed by atoms with Gasteiger partial charge in [0, 0.05) is 6.92 Å². The highest BCUT2D eigenvalue weighted by Crippen LogP contribution is 2.42. The Hall–Kier alpha value is -1.09. The van der Waals surface area contributed by atoms with Crippen LogP contribution in [0.5, 0.6) is 0 Å². The lowest BCUT2D eigenvalue weighted by atomic mass is 9.70. The van der Waals surface area contributed by atoms with Crippen molar-refractivity contribution in [3.8, 4) is 0 Å². The van der Waals surface area contributed by atoms with Gasteiger partial charge in [-0.25, -0.2) is 0 Å². The first-order valence-electron chi connectivity index (χ1n) is 11.4. The number of ether oxygens (including phenoxy) is 3. The van der Waals surface area contributed by atoms with Gasteiger partial charge in [-0.1, -0.05) is 0 Å². The molecule has 0 spiro atoms. The molecule has 15 atom stereocenters. The summed E-state index contributed by atoms with van der Waals surface area (Å²) in [5, 5.41) is 117. The molecule has 0 aromatic carbocycles. The number of aliphatic hydroxyl groups excluding tert-OH is 10. The van der Waals surface area contributed by atoms with E-state index < -0.39 is 117 Å². The van der Waals surface area contributed by atoms with E-state index in [-0.39, 0.29) is 0 Å². The Morgan fingerprint density at radius 1 is 0.694 bits per heavy atom. The van der Waals surface area contributed by atoms with Gasteiger partial charge in [-0.2, -0.15) is 0 Å². The van der Waals surface area contributed by atoms with Crippen molar-refractivity contribution in [2.45, 2.75) is 97.9 Å². The van der Waals surface area contributed by atoms with E-state index in [9.17, 15) is 61.0 Å². The summed E-state index contributed by atoms with van der Waals surface area (Å²) in [4.78, 5) is 11.9. The number of amides is 1. The highest BCUT2D eigenvalue weighted by Gasteiger charge is 2.67. The van der Waals surface area contributed by atoms with Gasteiger partial charge in [0.1, 0.15) is 79.4 Å². The van der Waals surface area contributed by atoms with Gasteiger partial charge in [0.15, 0.2) is 5.60 Å². The Balaban J connectivity index is 2.13. The third-order valence-corrected chi connectivity index (χ3v) is 7.12. The molecule has 16 nitrogen and oxygen atoms in total. The number of rotatable bonds is 6. The van der Waals surface area contributed by atoms with E-state index in [4.69, 9.17) is 14.2 Å². The van der Waals surface area contributed by atoms with Crippen LogP contribution in [0.3, 0.4) is 0 Å². The van der Waals surface area contributed by atoms with Gasteiger partial charge < -0.3 is 75.7 Å². The number of aliphatic hydroxyl groups is 11. The van der Waals surface area contributed by atoms with Crippen LogP contribution in [-0.4, -0.2) is 173 Å². The average Bonchev–Trinajstić information content (AvgIpc) is 2.84. The van der Waals surface area contributed by atoms with Crippen molar-refractivity contribution in [1.82, 2.24) is 5.32 Å². The molecule has 36 heavy (non-hydrogen) atoms. The maximum atomic E-state index is 11.9. The van der Waals surface area contributed by atoms with Crippen LogP contribution in [0.25, 0.3) is 0 Å². The summed E-state index contributed by atoms with van der Waals surface area (Å²) >= 11 is 0. The molecule has 3 rings (SSSR count). The molecular weight excluding hydrogens is 494 g/mol. The van der Waals surface area contributed by atoms with Crippen LogP contribution in [0.2, 0.25) is 0 Å². The van der Waals surface area contributed by atoms with Gasteiger partial charge in [0.25, 0.3) is 0 Å². The molecule has 3 saturated heterocycles. The Morgan fingerprint density at radius 2 is 1.17 bits per heavy atom. The fraction of sp³-hybridized carbons (Fsp3) is 0.950. The first-order chi connectivity index (χ1) is 16.8. The van der Waals surface area contributed by atoms with Gasteiger partial charge in [0.2, 0.25) is 5.91 Å². The summed E-state index contributed by atoms with van der Waals surface area (Å²) in [5.41, 5.74) is -2.96. The Labute approximate surface area is 204 Å². The average molecular weight is 529 g/mol. The molecule has 3 fully saturated rings. The molecule has 0 aromatic heterocycles. The molecule has 0 radical (unpaired) electrons. The van der Waals surface area contributed by atoms with E-state index in [1.165, 1.54) is 0 Å². The second-order valence-electron chi connectivity index (χ2n) is 9.38. The number of nitrogens with one attached hydrogen (secondary N) is 1. The topological polar surface area (TPSA) is 279 Å². The van der Waals surface area contributed by atoms with Crippen molar-refractivity contribution in [1.29, 1.82) is 0 Å². The molecule has 12 N–H and O–H groups in total. The van der Waals surface area contributed by atoms with Crippen LogP contribution in [0.4, 0.5) is 0 Å². The van der Waals surface area contributed by atoms with Crippen molar-refractivity contribution in [3.63, 3.8) is 0 Å². The van der Waals surface area contributed by atoms with E-state index >= 15 is 0 Å². The fourth-order valence-corrected chi connectivity index (χ4v) is 5.14. The smallest absolute Gasteiger partial charge is 0.217 e. The minimum Gasteiger partial charge on any atom is -0.394 e. The second-order valence-corrected chi connectivity index (χ2v) is 9.38. The SMILES string of the molecule is CC(=O)N[C@H]1C(C2O[C@H](CO)[C@H](O)[C@H](O)[C@]2(O)C2O[C@H](CO)[C@H](O)[C@H](O)[C@H]2O)O[C@H](CO)[C@@H](O)[C@@H]1O. The van der Waals surface area contributed by atoms with Crippen LogP contribution < -0.4 is 5.32 Å². The fourth-order valence-electron chi connectivity index (χ4n) is 5.14. The van der Waals surface area contributed by atoms with Crippen molar-refractivity contribution in [3.05, 3.63) is 0 Å². The predicted molar refractivity (Wildman–Crippen MR) is 112 cm³/mol. The molecule has 0 bridgehead atoms. The molecule has 1 amide bonds. The molecule has 3 aliphatic heterocycles. The molecule has 3 heterocycles. The number of hydrogen-bond donors (Lipinski definition) is 12. The molecule has 210 valence electrons. The Bertz CT molecular complexity index is 759. The molecule has 3 aliphatic rings. The zero-order valence-corrected chi connectivity index (χ0v) is 19.3. The summed E-state index contributed by atoms with van der Waals surface area (Å²) in [7, 11) is 0. The summed E-state index contributed by atoms with van der Waals surface area (Å²) in [5.74, 6) is -0.728. The normalized spacial score (nSPS) is 52.1. The first-order valence-corrected chi connectivity index (χ1v) is 11.4. The predicted octanol–water partition coefficient (Wildman–Crippen LogP) is -7.97. The Kier molecular flexibility index (Phi) is 9.28. The highest BCUT2D eigenvalue weighted by molar-refractivity contribution is 5.73. The van der Waals surface area contributed by atoms with Gasteiger partial charge in [-0.15, -0.1) is 0 Å². The largest absolute Gasteiger partial charge is 0.394 e. The summed E-state index contributed by atoms with van der Waals surface area (Å²) in [6.07, 6.45) is -24.2. The van der Waals surface area contributed by atoms with Crippen LogP contribution in [0.1, 0.15) is 6.92 Å². The highest BCUT2D eigenvalue weighted by atomic mass is 16.6. The molecule has 3 unspecified atom stereocenters. The van der Waals surface area contributed by atoms with E-state index in [1.54, 1.807) is 0 Å². The Morgan fingerprint density at radius 3 is 1.69 bits per heavy atom. The molecule has 0 aliphatic carbocycles. The van der Waals surface area contributed by atoms with Gasteiger partial charge in [0.05, 0.1) is 25.9 Å². The number of carbonyl (C=O) groups is 1. The zero-order valence-electron chi connectivity index (χ0n) is 19.3. The zero-order chi connectivity index (χ0) is 27.1. The van der Waals surface area contributed by atoms with Crippen LogP contribution in [-0.2, 0) is 19.0 Å². The van der Waals surface area contributed by atoms with Gasteiger partial charge >= 0.3 is 0 Å². The summed E-state index contributed by atoms with van der Waals surface area (Å²) < 4.78 is 16.7. The van der Waals surface area contributed by atoms with E-state index in [2.05, 4.69) is 5.32 Å². The lowest BCUT2D eigenvalue weighted by Gasteiger charge is -2.58. The van der Waals surface area contributed by atoms with Crippen LogP contribution >= 0.6 is 0 Å². The minimum atomic E-state index is -2.96. The third kappa shape index (κ3) is 4.87. The van der Waals surface area contributed by atoms with E-state index in [0.717, 1.165) is 6.92 Å². The first kappa shape index (κ1) is 29.5. The number of carbonyl (C=O) groups excluding carboxylic acids is 1. The van der Waals surface area contributed by atoms with Crippen molar-refractivity contribution in [2.75, 3.05) is 19.8 Å². The standard InChI is InChI=1S/C20H35NO15/c1-5(25)21-9-13(29)10(26)6(2-22)34-16(9)19-20(33,17(32)12(28)8(4-24)36-19)18-15(31)14(30)11(27)7(3-23)35-18/h6-19,22-24,26-33H,2-4H2,1H3,(H,21,25)/t6-,7-,8-,9-,10-,11+,12+,13-,14+,15-,16?,17+,18?,19?,20+/m1/s1. The minimum absolute atomic E-state index is 0.728. The lowest BCUT2D eigenvalue weighted by Crippen LogP contribution is -2.81. The molecule has 0 aromatic rings. The lowest BCUT2D eigenvalue weighted by molar-refractivity contribution is -0.364. The third-order valence-electron chi connectivity index (χ3n) is 7.12. The van der Waals surface area contributed by atoms with Crippen molar-refractivity contribution < 1.29 is 75.2 Å². The van der Waals surface area contributed by atoms with Crippen molar-refractivity contribution >= 4 is 5.91 Å². The summed E-state index contributed by atoms with van der Waals surface area (Å²) in [6, 6.07) is -1.57. The van der Waals surface area contributed by atoms with E-state index in [1.807, 2.05) is 0 Å². The molecule has 0 saturated carbocycles. The summed E-state index contributed by atoms with van der Waals surface area (Å²) in [6.45, 7) is -1.57. The number of hydrogen-bond acceptors (Lipinski definition) is 15. The maximum absolute atomic E-state index is 11.9. The quantitative estimate of drug-likeness (QED) is 0.152. The van der Waals surface area contributed by atoms with Crippen LogP contribution in [0.15, 0.2) is 0 Å². The van der Waals surface area contributed by atoms with E-state index in [0.29, 0.717) is 0 Å². The van der Waals surface area contributed by atoms with Crippen LogP contribution in [0, 0.1) is 0 Å². The van der Waals surface area contributed by atoms with Crippen molar-refractivity contribution in [2.24, 2.45) is 0 Å². The molecular formula is C20H35NO15. The second kappa shape index (κ2) is 11.3. The molecule has 16 heteroatoms. The monoisotopic (exact) mass is 529 g/mol. The van der Waals surface area contributed by atoms with Gasteiger partial charge in [-0.3, -0.25) is 4.79 Å².